The minimum atomic E-state index is -0.584. The van der Waals surface area contributed by atoms with Gasteiger partial charge in [-0.15, -0.1) is 0 Å². The van der Waals surface area contributed by atoms with Gasteiger partial charge < -0.3 is 14.8 Å². The van der Waals surface area contributed by atoms with Crippen LogP contribution in [0, 0.1) is 11.8 Å². The molecule has 2 aliphatic rings. The summed E-state index contributed by atoms with van der Waals surface area (Å²) >= 11 is 0. The van der Waals surface area contributed by atoms with Gasteiger partial charge in [-0.25, -0.2) is 4.79 Å². The summed E-state index contributed by atoms with van der Waals surface area (Å²) in [6.45, 7) is 5.22. The van der Waals surface area contributed by atoms with Crippen LogP contribution in [0.15, 0.2) is 0 Å². The van der Waals surface area contributed by atoms with Crippen LogP contribution >= 0.6 is 0 Å². The van der Waals surface area contributed by atoms with Crippen LogP contribution < -0.4 is 5.32 Å². The number of ether oxygens (including phenoxy) is 2. The van der Waals surface area contributed by atoms with E-state index < -0.39 is 11.7 Å². The zero-order chi connectivity index (χ0) is 14.0. The highest BCUT2D eigenvalue weighted by atomic mass is 16.6. The van der Waals surface area contributed by atoms with Crippen LogP contribution in [-0.4, -0.2) is 30.3 Å². The molecule has 0 aromatic rings. The second kappa shape index (κ2) is 5.39. The Labute approximate surface area is 114 Å². The second-order valence-electron chi connectivity index (χ2n) is 6.48. The molecule has 5 heteroatoms. The molecule has 2 fully saturated rings. The molecule has 0 spiro atoms. The van der Waals surface area contributed by atoms with Gasteiger partial charge in [0.05, 0.1) is 0 Å². The number of hydrogen-bond donors (Lipinski definition) is 1. The monoisotopic (exact) mass is 269 g/mol. The van der Waals surface area contributed by atoms with E-state index in [1.165, 1.54) is 0 Å². The molecule has 0 bridgehead atoms. The van der Waals surface area contributed by atoms with Crippen molar-refractivity contribution in [3.8, 4) is 0 Å². The van der Waals surface area contributed by atoms with E-state index in [4.69, 9.17) is 9.47 Å². The third-order valence-electron chi connectivity index (χ3n) is 3.22. The van der Waals surface area contributed by atoms with Crippen molar-refractivity contribution in [2.45, 2.75) is 58.2 Å². The summed E-state index contributed by atoms with van der Waals surface area (Å²) in [5.41, 5.74) is -0.557. The molecule has 0 aromatic heterocycles. The molecule has 0 atom stereocenters. The van der Waals surface area contributed by atoms with E-state index in [1.807, 2.05) is 0 Å². The van der Waals surface area contributed by atoms with Gasteiger partial charge in [-0.1, -0.05) is 0 Å². The lowest BCUT2D eigenvalue weighted by Gasteiger charge is -2.20. The van der Waals surface area contributed by atoms with Gasteiger partial charge in [-0.3, -0.25) is 4.79 Å². The van der Waals surface area contributed by atoms with E-state index in [0.717, 1.165) is 25.7 Å². The SMILES string of the molecule is CC(C)(C)OC(=O)NCC(=O)OC(C1CC1)C1CC1. The van der Waals surface area contributed by atoms with Crippen LogP contribution in [0.2, 0.25) is 0 Å². The molecule has 0 aliphatic heterocycles. The summed E-state index contributed by atoms with van der Waals surface area (Å²) in [5, 5.41) is 2.43. The standard InChI is InChI=1S/C14H23NO4/c1-14(2,3)19-13(17)15-8-11(16)18-12(9-4-5-9)10-6-7-10/h9-10,12H,4-8H2,1-3H3,(H,15,17). The molecule has 108 valence electrons. The summed E-state index contributed by atoms with van der Waals surface area (Å²) in [6, 6.07) is 0. The van der Waals surface area contributed by atoms with Crippen LogP contribution in [0.1, 0.15) is 46.5 Å². The van der Waals surface area contributed by atoms with Crippen molar-refractivity contribution in [1.82, 2.24) is 5.32 Å². The van der Waals surface area contributed by atoms with Crippen molar-refractivity contribution < 1.29 is 19.1 Å². The van der Waals surface area contributed by atoms with Crippen molar-refractivity contribution in [2.75, 3.05) is 6.54 Å². The van der Waals surface area contributed by atoms with Crippen LogP contribution in [0.3, 0.4) is 0 Å². The van der Waals surface area contributed by atoms with Gasteiger partial charge in [0.1, 0.15) is 18.2 Å². The Morgan fingerprint density at radius 1 is 1.16 bits per heavy atom. The molecule has 2 aliphatic carbocycles. The maximum atomic E-state index is 11.7. The van der Waals surface area contributed by atoms with E-state index in [1.54, 1.807) is 20.8 Å². The normalized spacial score (nSPS) is 19.2. The smallest absolute Gasteiger partial charge is 0.408 e. The molecule has 0 radical (unpaired) electrons. The van der Waals surface area contributed by atoms with E-state index >= 15 is 0 Å². The minimum Gasteiger partial charge on any atom is -0.460 e. The third-order valence-corrected chi connectivity index (χ3v) is 3.22. The lowest BCUT2D eigenvalue weighted by atomic mass is 10.1. The molecule has 0 unspecified atom stereocenters. The molecule has 0 heterocycles. The topological polar surface area (TPSA) is 64.6 Å². The van der Waals surface area contributed by atoms with Crippen molar-refractivity contribution in [2.24, 2.45) is 11.8 Å². The predicted octanol–water partition coefficient (Wildman–Crippen LogP) is 2.24. The first-order chi connectivity index (χ1) is 8.85. The van der Waals surface area contributed by atoms with Crippen molar-refractivity contribution in [1.29, 1.82) is 0 Å². The quantitative estimate of drug-likeness (QED) is 0.777. The summed E-state index contributed by atoms with van der Waals surface area (Å²) < 4.78 is 10.5. The summed E-state index contributed by atoms with van der Waals surface area (Å²) in [6.07, 6.45) is 4.14. The Hall–Kier alpha value is -1.26. The van der Waals surface area contributed by atoms with Gasteiger partial charge in [-0.2, -0.15) is 0 Å². The summed E-state index contributed by atoms with van der Waals surface area (Å²) in [7, 11) is 0. The van der Waals surface area contributed by atoms with E-state index in [0.29, 0.717) is 11.8 Å². The first-order valence-electron chi connectivity index (χ1n) is 7.01. The number of alkyl carbamates (subject to hydrolysis) is 1. The molecule has 1 N–H and O–H groups in total. The molecule has 2 rings (SSSR count). The van der Waals surface area contributed by atoms with Gasteiger partial charge in [-0.05, 0) is 58.3 Å². The minimum absolute atomic E-state index is 0.0768. The van der Waals surface area contributed by atoms with E-state index in [9.17, 15) is 9.59 Å². The van der Waals surface area contributed by atoms with Gasteiger partial charge in [0, 0.05) is 0 Å². The van der Waals surface area contributed by atoms with Crippen molar-refractivity contribution in [3.05, 3.63) is 0 Å². The third kappa shape index (κ3) is 5.09. The fourth-order valence-corrected chi connectivity index (χ4v) is 2.08. The Morgan fingerprint density at radius 3 is 2.11 bits per heavy atom. The van der Waals surface area contributed by atoms with Crippen LogP contribution in [0.5, 0.6) is 0 Å². The fourth-order valence-electron chi connectivity index (χ4n) is 2.08. The van der Waals surface area contributed by atoms with Crippen LogP contribution in [-0.2, 0) is 14.3 Å². The summed E-state index contributed by atoms with van der Waals surface area (Å²) in [4.78, 5) is 23.1. The first kappa shape index (κ1) is 14.2. The Morgan fingerprint density at radius 2 is 1.68 bits per heavy atom. The number of esters is 1. The lowest BCUT2D eigenvalue weighted by molar-refractivity contribution is -0.150. The highest BCUT2D eigenvalue weighted by Crippen LogP contribution is 2.46. The molecule has 2 saturated carbocycles. The number of hydrogen-bond acceptors (Lipinski definition) is 4. The van der Waals surface area contributed by atoms with Gasteiger partial charge >= 0.3 is 12.1 Å². The molecule has 5 nitrogen and oxygen atoms in total. The number of carbonyl (C=O) groups excluding carboxylic acids is 2. The highest BCUT2D eigenvalue weighted by Gasteiger charge is 2.44. The van der Waals surface area contributed by atoms with Gasteiger partial charge in [0.25, 0.3) is 0 Å². The molecular weight excluding hydrogens is 246 g/mol. The molecule has 19 heavy (non-hydrogen) atoms. The lowest BCUT2D eigenvalue weighted by Crippen LogP contribution is -2.37. The Kier molecular flexibility index (Phi) is 4.02. The second-order valence-corrected chi connectivity index (χ2v) is 6.48. The van der Waals surface area contributed by atoms with Crippen molar-refractivity contribution >= 4 is 12.1 Å². The Bertz CT molecular complexity index is 341. The molecule has 0 saturated heterocycles. The zero-order valence-electron chi connectivity index (χ0n) is 11.9. The van der Waals surface area contributed by atoms with Crippen molar-refractivity contribution in [3.63, 3.8) is 0 Å². The fraction of sp³-hybridized carbons (Fsp3) is 0.857. The number of nitrogens with one attached hydrogen (secondary N) is 1. The highest BCUT2D eigenvalue weighted by molar-refractivity contribution is 5.78. The molecule has 1 amide bonds. The van der Waals surface area contributed by atoms with Gasteiger partial charge in [0.2, 0.25) is 0 Å². The van der Waals surface area contributed by atoms with E-state index in [2.05, 4.69) is 5.32 Å². The summed E-state index contributed by atoms with van der Waals surface area (Å²) in [5.74, 6) is 0.741. The van der Waals surface area contributed by atoms with Gasteiger partial charge in [0.15, 0.2) is 0 Å². The number of amides is 1. The number of rotatable bonds is 5. The maximum absolute atomic E-state index is 11.7. The van der Waals surface area contributed by atoms with E-state index in [-0.39, 0.29) is 18.6 Å². The Balaban J connectivity index is 1.67. The molecular formula is C14H23NO4. The maximum Gasteiger partial charge on any atom is 0.408 e. The first-order valence-corrected chi connectivity index (χ1v) is 7.01. The zero-order valence-corrected chi connectivity index (χ0v) is 11.9. The number of carbonyl (C=O) groups is 2. The van der Waals surface area contributed by atoms with Crippen LogP contribution in [0.25, 0.3) is 0 Å². The predicted molar refractivity (Wildman–Crippen MR) is 69.6 cm³/mol. The largest absolute Gasteiger partial charge is 0.460 e. The van der Waals surface area contributed by atoms with Crippen LogP contribution in [0.4, 0.5) is 4.79 Å². The average Bonchev–Trinajstić information content (AvgIpc) is 3.14. The molecule has 0 aromatic carbocycles. The average molecular weight is 269 g/mol.